The summed E-state index contributed by atoms with van der Waals surface area (Å²) in [6, 6.07) is 0.0272. The van der Waals surface area contributed by atoms with Gasteiger partial charge in [0.05, 0.1) is 25.2 Å². The van der Waals surface area contributed by atoms with E-state index in [1.54, 1.807) is 40.0 Å². The first-order valence-electron chi connectivity index (χ1n) is 11.4. The Labute approximate surface area is 209 Å². The zero-order valence-corrected chi connectivity index (χ0v) is 22.1. The van der Waals surface area contributed by atoms with Crippen molar-refractivity contribution in [3.05, 3.63) is 12.2 Å². The zero-order valence-electron chi connectivity index (χ0n) is 21.1. The molecule has 0 saturated carbocycles. The van der Waals surface area contributed by atoms with E-state index in [9.17, 15) is 19.2 Å². The minimum Gasteiger partial charge on any atom is -0.445 e. The lowest BCUT2D eigenvalue weighted by atomic mass is 9.80. The summed E-state index contributed by atoms with van der Waals surface area (Å²) >= 11 is 0. The fraction of sp³-hybridized carbons (Fsp3) is 0.739. The van der Waals surface area contributed by atoms with Gasteiger partial charge in [-0.2, -0.15) is 13.5 Å². The van der Waals surface area contributed by atoms with Crippen LogP contribution in [0.25, 0.3) is 0 Å². The van der Waals surface area contributed by atoms with Gasteiger partial charge in [-0.25, -0.2) is 9.59 Å². The summed E-state index contributed by atoms with van der Waals surface area (Å²) in [7, 11) is 1.62. The summed E-state index contributed by atoms with van der Waals surface area (Å²) < 4.78 is 10.4. The molecule has 2 amide bonds. The minimum atomic E-state index is -0.983. The molecule has 2 N–H and O–H groups in total. The summed E-state index contributed by atoms with van der Waals surface area (Å²) in [5.74, 6) is -0.431. The van der Waals surface area contributed by atoms with Crippen molar-refractivity contribution >= 4 is 37.2 Å². The smallest absolute Gasteiger partial charge is 0.410 e. The number of carbonyl (C=O) groups excluding carboxylic acids is 4. The van der Waals surface area contributed by atoms with Gasteiger partial charge in [0, 0.05) is 25.6 Å². The van der Waals surface area contributed by atoms with Gasteiger partial charge in [-0.05, 0) is 39.3 Å². The summed E-state index contributed by atoms with van der Waals surface area (Å²) in [5.41, 5.74) is -1.91. The molecule has 0 aromatic carbocycles. The summed E-state index contributed by atoms with van der Waals surface area (Å²) in [6.45, 7) is 9.93. The van der Waals surface area contributed by atoms with E-state index in [0.717, 1.165) is 0 Å². The van der Waals surface area contributed by atoms with Gasteiger partial charge in [-0.1, -0.05) is 13.8 Å². The normalized spacial score (nSPS) is 27.4. The second-order valence-corrected chi connectivity index (χ2v) is 9.66. The van der Waals surface area contributed by atoms with E-state index in [4.69, 9.17) is 9.47 Å². The van der Waals surface area contributed by atoms with Gasteiger partial charge in [0.15, 0.2) is 11.6 Å². The van der Waals surface area contributed by atoms with Gasteiger partial charge in [0.1, 0.15) is 18.8 Å². The van der Waals surface area contributed by atoms with Crippen LogP contribution in [0, 0.1) is 5.92 Å². The fourth-order valence-electron chi connectivity index (χ4n) is 4.07. The lowest BCUT2D eigenvalue weighted by molar-refractivity contribution is -0.136. The highest BCUT2D eigenvalue weighted by Crippen LogP contribution is 2.26. The second-order valence-electron chi connectivity index (χ2n) is 9.66. The van der Waals surface area contributed by atoms with Crippen LogP contribution in [-0.2, 0) is 19.1 Å². The highest BCUT2D eigenvalue weighted by atomic mass is 32.1. The Morgan fingerprint density at radius 3 is 2.15 bits per heavy atom. The number of carbonyl (C=O) groups is 4. The first-order valence-corrected chi connectivity index (χ1v) is 11.4. The first kappa shape index (κ1) is 29.9. The number of Topliss-reactive ketones (excluding diaryl/α,β-unsaturated/α-hetero) is 2. The number of nitrogens with zero attached hydrogens (tertiary/aromatic N) is 2. The molecule has 2 bridgehead atoms. The molecular formula is C23H40N4O6S. The van der Waals surface area contributed by atoms with E-state index in [-0.39, 0.29) is 69.9 Å². The number of ether oxygens (including phenoxy) is 2. The highest BCUT2D eigenvalue weighted by Gasteiger charge is 2.52. The number of hydrogen-bond donors (Lipinski definition) is 2. The van der Waals surface area contributed by atoms with Gasteiger partial charge < -0.3 is 24.6 Å². The molecule has 0 aromatic rings. The monoisotopic (exact) mass is 500 g/mol. The molecule has 0 aliphatic carbocycles. The zero-order chi connectivity index (χ0) is 24.8. The molecule has 194 valence electrons. The minimum absolute atomic E-state index is 0. The van der Waals surface area contributed by atoms with Crippen LogP contribution in [0.4, 0.5) is 9.59 Å². The number of hydrogen-bond acceptors (Lipinski definition) is 8. The molecule has 34 heavy (non-hydrogen) atoms. The van der Waals surface area contributed by atoms with Crippen LogP contribution in [0.15, 0.2) is 12.2 Å². The van der Waals surface area contributed by atoms with Crippen LogP contribution in [-0.4, -0.2) is 97.1 Å². The molecule has 0 unspecified atom stereocenters. The third-order valence-corrected chi connectivity index (χ3v) is 6.02. The third-order valence-electron chi connectivity index (χ3n) is 6.02. The van der Waals surface area contributed by atoms with Gasteiger partial charge in [0.25, 0.3) is 0 Å². The van der Waals surface area contributed by atoms with Crippen molar-refractivity contribution < 1.29 is 28.7 Å². The standard InChI is InChI=1S/C23H38N4O6.H2S/c1-16(2)19(29)23-14-27(15-23)21(31)33-12-8-7-11-32-20(30)26(6)10-9-22(5,25-17(3)4)18(28)13-24-23;/h7-8,16-17,24-25H,9-15H2,1-6H3;1H2/t22-;/m0./s1. The Balaban J connectivity index is 0.00000578. The quantitative estimate of drug-likeness (QED) is 0.557. The van der Waals surface area contributed by atoms with Crippen LogP contribution in [0.3, 0.4) is 0 Å². The number of amides is 2. The second kappa shape index (κ2) is 12.6. The van der Waals surface area contributed by atoms with Gasteiger partial charge >= 0.3 is 12.2 Å². The molecule has 0 aromatic heterocycles. The maximum absolute atomic E-state index is 13.3. The highest BCUT2D eigenvalue weighted by molar-refractivity contribution is 7.59. The van der Waals surface area contributed by atoms with E-state index in [2.05, 4.69) is 10.6 Å². The topological polar surface area (TPSA) is 117 Å². The number of rotatable bonds is 4. The Hall–Kier alpha value is -2.11. The largest absolute Gasteiger partial charge is 0.445 e. The molecule has 3 heterocycles. The fourth-order valence-corrected chi connectivity index (χ4v) is 4.07. The van der Waals surface area contributed by atoms with E-state index in [1.807, 2.05) is 13.8 Å². The Bertz CT molecular complexity index is 781. The van der Waals surface area contributed by atoms with Crippen LogP contribution >= 0.6 is 13.5 Å². The molecule has 0 spiro atoms. The molecule has 0 radical (unpaired) electrons. The first-order chi connectivity index (χ1) is 15.4. The maximum Gasteiger partial charge on any atom is 0.410 e. The third kappa shape index (κ3) is 7.44. The van der Waals surface area contributed by atoms with E-state index in [0.29, 0.717) is 13.0 Å². The average molecular weight is 501 g/mol. The number of nitrogens with one attached hydrogen (secondary N) is 2. The van der Waals surface area contributed by atoms with Crippen molar-refractivity contribution in [3.63, 3.8) is 0 Å². The predicted octanol–water partition coefficient (Wildman–Crippen LogP) is 1.46. The van der Waals surface area contributed by atoms with Crippen molar-refractivity contribution in [2.75, 3.05) is 46.4 Å². The Morgan fingerprint density at radius 1 is 1.06 bits per heavy atom. The summed E-state index contributed by atoms with van der Waals surface area (Å²) in [5, 5.41) is 6.47. The van der Waals surface area contributed by atoms with E-state index >= 15 is 0 Å². The van der Waals surface area contributed by atoms with Crippen molar-refractivity contribution in [1.82, 2.24) is 20.4 Å². The molecule has 11 heteroatoms. The van der Waals surface area contributed by atoms with Crippen molar-refractivity contribution in [2.45, 2.75) is 58.2 Å². The van der Waals surface area contributed by atoms with Crippen LogP contribution in [0.1, 0.15) is 41.0 Å². The predicted molar refractivity (Wildman–Crippen MR) is 133 cm³/mol. The molecule has 1 saturated heterocycles. The maximum atomic E-state index is 13.3. The lowest BCUT2D eigenvalue weighted by Crippen LogP contribution is -2.75. The molecule has 3 aliphatic heterocycles. The molecular weight excluding hydrogens is 460 g/mol. The molecule has 1 fully saturated rings. The number of ketones is 2. The Kier molecular flexibility index (Phi) is 11.0. The van der Waals surface area contributed by atoms with Crippen molar-refractivity contribution in [2.24, 2.45) is 5.92 Å². The van der Waals surface area contributed by atoms with Gasteiger partial charge in [-0.3, -0.25) is 14.9 Å². The van der Waals surface area contributed by atoms with Crippen molar-refractivity contribution in [1.29, 1.82) is 0 Å². The van der Waals surface area contributed by atoms with Crippen LogP contribution in [0.5, 0.6) is 0 Å². The molecule has 1 atom stereocenters. The van der Waals surface area contributed by atoms with E-state index in [1.165, 1.54) is 9.80 Å². The molecule has 10 nitrogen and oxygen atoms in total. The lowest BCUT2D eigenvalue weighted by Gasteiger charge is -2.49. The number of fused-ring (bicyclic) bond motifs is 13. The van der Waals surface area contributed by atoms with Gasteiger partial charge in [0.2, 0.25) is 0 Å². The summed E-state index contributed by atoms with van der Waals surface area (Å²) in [6.07, 6.45) is 2.52. The van der Waals surface area contributed by atoms with E-state index < -0.39 is 23.3 Å². The molecule has 3 aliphatic rings. The SMILES string of the molecule is CC(C)N[C@@]1(C)CCN(C)C(=O)OCC=CCOC(=O)N2CC(C(=O)C(C)C)(C2)NCC1=O.S. The van der Waals surface area contributed by atoms with Gasteiger partial charge in [-0.15, -0.1) is 0 Å². The molecule has 3 rings (SSSR count). The average Bonchev–Trinajstić information content (AvgIpc) is 2.71. The van der Waals surface area contributed by atoms with Crippen LogP contribution in [0.2, 0.25) is 0 Å². The summed E-state index contributed by atoms with van der Waals surface area (Å²) in [4.78, 5) is 53.7. The van der Waals surface area contributed by atoms with Crippen LogP contribution < -0.4 is 10.6 Å². The Morgan fingerprint density at radius 2 is 1.62 bits per heavy atom. The van der Waals surface area contributed by atoms with Crippen molar-refractivity contribution in [3.8, 4) is 0 Å².